The second-order valence-electron chi connectivity index (χ2n) is 2.53. The molecule has 1 rings (SSSR count). The Hall–Kier alpha value is -1.04. The summed E-state index contributed by atoms with van der Waals surface area (Å²) < 4.78 is 47.7. The molecule has 0 saturated heterocycles. The van der Waals surface area contributed by atoms with Crippen LogP contribution in [0.1, 0.15) is 0 Å². The number of anilines is 1. The number of alkyl halides is 3. The molecule has 78 valence electrons. The van der Waals surface area contributed by atoms with E-state index in [1.807, 2.05) is 0 Å². The molecule has 1 aromatic rings. The maximum atomic E-state index is 12.0. The Morgan fingerprint density at radius 1 is 1.21 bits per heavy atom. The van der Waals surface area contributed by atoms with E-state index in [2.05, 4.69) is 0 Å². The van der Waals surface area contributed by atoms with Gasteiger partial charge in [0, 0.05) is 12.7 Å². The van der Waals surface area contributed by atoms with E-state index < -0.39 is 16.5 Å². The van der Waals surface area contributed by atoms with Crippen LogP contribution < -0.4 is 4.31 Å². The smallest absolute Gasteiger partial charge is 0.287 e. The van der Waals surface area contributed by atoms with Gasteiger partial charge in [-0.2, -0.15) is 13.2 Å². The highest BCUT2D eigenvalue weighted by Crippen LogP contribution is 2.25. The van der Waals surface area contributed by atoms with Gasteiger partial charge in [-0.3, -0.25) is 4.31 Å². The van der Waals surface area contributed by atoms with Crippen LogP contribution in [-0.4, -0.2) is 16.8 Å². The Kier molecular flexibility index (Phi) is 3.15. The molecule has 0 spiro atoms. The lowest BCUT2D eigenvalue weighted by atomic mass is 10.3. The first kappa shape index (κ1) is 11.0. The number of hydrogen-bond donors (Lipinski definition) is 0. The Morgan fingerprint density at radius 3 is 2.14 bits per heavy atom. The minimum atomic E-state index is -4.72. The molecule has 0 N–H and O–H groups in total. The first-order valence-corrected chi connectivity index (χ1v) is 4.81. The Labute approximate surface area is 81.9 Å². The fourth-order valence-electron chi connectivity index (χ4n) is 0.889. The van der Waals surface area contributed by atoms with Gasteiger partial charge < -0.3 is 0 Å². The van der Waals surface area contributed by atoms with Crippen molar-refractivity contribution in [2.45, 2.75) is 5.51 Å². The van der Waals surface area contributed by atoms with E-state index in [0.29, 0.717) is 4.31 Å². The molecular formula is C8H8F3NOS. The lowest BCUT2D eigenvalue weighted by Gasteiger charge is -2.18. The monoisotopic (exact) mass is 223 g/mol. The Balaban J connectivity index is 2.87. The van der Waals surface area contributed by atoms with Gasteiger partial charge in [0.2, 0.25) is 11.0 Å². The van der Waals surface area contributed by atoms with Crippen LogP contribution in [0.25, 0.3) is 0 Å². The number of nitrogens with zero attached hydrogens (tertiary/aromatic N) is 1. The molecule has 6 heteroatoms. The normalized spacial score (nSPS) is 13.7. The van der Waals surface area contributed by atoms with E-state index in [1.165, 1.54) is 12.1 Å². The molecule has 0 fully saturated rings. The van der Waals surface area contributed by atoms with Gasteiger partial charge in [-0.25, -0.2) is 4.21 Å². The number of para-hydroxylation sites is 1. The first-order chi connectivity index (χ1) is 6.43. The van der Waals surface area contributed by atoms with Crippen molar-refractivity contribution in [3.8, 4) is 0 Å². The highest BCUT2D eigenvalue weighted by Gasteiger charge is 2.40. The third kappa shape index (κ3) is 2.47. The molecule has 0 amide bonds. The van der Waals surface area contributed by atoms with Crippen molar-refractivity contribution in [3.63, 3.8) is 0 Å². The molecule has 1 aromatic carbocycles. The van der Waals surface area contributed by atoms with Crippen LogP contribution in [0.5, 0.6) is 0 Å². The predicted molar refractivity (Wildman–Crippen MR) is 49.0 cm³/mol. The van der Waals surface area contributed by atoms with Gasteiger partial charge in [-0.15, -0.1) is 0 Å². The van der Waals surface area contributed by atoms with Crippen LogP contribution in [0.2, 0.25) is 0 Å². The zero-order valence-corrected chi connectivity index (χ0v) is 8.10. The highest BCUT2D eigenvalue weighted by atomic mass is 32.2. The van der Waals surface area contributed by atoms with Crippen molar-refractivity contribution >= 4 is 16.7 Å². The predicted octanol–water partition coefficient (Wildman–Crippen LogP) is 2.31. The molecular weight excluding hydrogens is 215 g/mol. The maximum absolute atomic E-state index is 12.0. The lowest BCUT2D eigenvalue weighted by Crippen LogP contribution is -2.31. The molecule has 1 unspecified atom stereocenters. The average Bonchev–Trinajstić information content (AvgIpc) is 2.15. The minimum Gasteiger partial charge on any atom is -0.287 e. The fraction of sp³-hybridized carbons (Fsp3) is 0.250. The summed E-state index contributed by atoms with van der Waals surface area (Å²) in [6.07, 6.45) is 0. The van der Waals surface area contributed by atoms with Gasteiger partial charge in [-0.1, -0.05) is 18.2 Å². The summed E-state index contributed by atoms with van der Waals surface area (Å²) in [4.78, 5) is 0. The SMILES string of the molecule is CN(c1ccccc1)S(=O)C(F)(F)F. The van der Waals surface area contributed by atoms with Gasteiger partial charge in [0.05, 0.1) is 0 Å². The summed E-state index contributed by atoms with van der Waals surface area (Å²) in [6.45, 7) is 0. The van der Waals surface area contributed by atoms with Crippen LogP contribution in [-0.2, 0) is 11.0 Å². The lowest BCUT2D eigenvalue weighted by molar-refractivity contribution is -0.0385. The van der Waals surface area contributed by atoms with Crippen molar-refractivity contribution in [1.82, 2.24) is 0 Å². The second-order valence-corrected chi connectivity index (χ2v) is 4.04. The van der Waals surface area contributed by atoms with Gasteiger partial charge in [0.15, 0.2) is 0 Å². The Bertz CT molecular complexity index is 325. The van der Waals surface area contributed by atoms with Gasteiger partial charge >= 0.3 is 5.51 Å². The van der Waals surface area contributed by atoms with Crippen LogP contribution in [0.4, 0.5) is 18.9 Å². The molecule has 1 atom stereocenters. The first-order valence-electron chi connectivity index (χ1n) is 3.70. The van der Waals surface area contributed by atoms with E-state index in [4.69, 9.17) is 0 Å². The molecule has 0 heterocycles. The van der Waals surface area contributed by atoms with Crippen molar-refractivity contribution < 1.29 is 17.4 Å². The molecule has 0 aromatic heterocycles. The van der Waals surface area contributed by atoms with Gasteiger partial charge in [0.25, 0.3) is 0 Å². The molecule has 0 bridgehead atoms. The molecule has 0 aliphatic heterocycles. The zero-order valence-electron chi connectivity index (χ0n) is 7.28. The maximum Gasteiger partial charge on any atom is 0.490 e. The second kappa shape index (κ2) is 4.00. The molecule has 0 aliphatic carbocycles. The van der Waals surface area contributed by atoms with Crippen LogP contribution in [0.3, 0.4) is 0 Å². The average molecular weight is 223 g/mol. The van der Waals surface area contributed by atoms with E-state index >= 15 is 0 Å². The van der Waals surface area contributed by atoms with Crippen LogP contribution >= 0.6 is 0 Å². The summed E-state index contributed by atoms with van der Waals surface area (Å²) in [5.74, 6) is 0. The molecule has 2 nitrogen and oxygen atoms in total. The van der Waals surface area contributed by atoms with E-state index in [0.717, 1.165) is 7.05 Å². The topological polar surface area (TPSA) is 20.3 Å². The summed E-state index contributed by atoms with van der Waals surface area (Å²) >= 11 is 0. The van der Waals surface area contributed by atoms with Crippen LogP contribution in [0, 0.1) is 0 Å². The van der Waals surface area contributed by atoms with Crippen LogP contribution in [0.15, 0.2) is 30.3 Å². The number of halogens is 3. The number of rotatable bonds is 2. The third-order valence-electron chi connectivity index (χ3n) is 1.57. The minimum absolute atomic E-state index is 0.267. The summed E-state index contributed by atoms with van der Waals surface area (Å²) in [5.41, 5.74) is -4.45. The van der Waals surface area contributed by atoms with Crippen molar-refractivity contribution in [2.24, 2.45) is 0 Å². The molecule has 0 saturated carbocycles. The molecule has 14 heavy (non-hydrogen) atoms. The third-order valence-corrected chi connectivity index (χ3v) is 2.67. The summed E-state index contributed by atoms with van der Waals surface area (Å²) in [7, 11) is -1.86. The Morgan fingerprint density at radius 2 is 1.71 bits per heavy atom. The van der Waals surface area contributed by atoms with E-state index in [9.17, 15) is 17.4 Å². The van der Waals surface area contributed by atoms with Gasteiger partial charge in [-0.05, 0) is 12.1 Å². The van der Waals surface area contributed by atoms with Crippen molar-refractivity contribution in [1.29, 1.82) is 0 Å². The largest absolute Gasteiger partial charge is 0.490 e. The van der Waals surface area contributed by atoms with Crippen molar-refractivity contribution in [3.05, 3.63) is 30.3 Å². The van der Waals surface area contributed by atoms with Crippen molar-refractivity contribution in [2.75, 3.05) is 11.4 Å². The molecule has 0 aliphatic rings. The number of hydrogen-bond acceptors (Lipinski definition) is 1. The van der Waals surface area contributed by atoms with E-state index in [-0.39, 0.29) is 5.69 Å². The van der Waals surface area contributed by atoms with Gasteiger partial charge in [0.1, 0.15) is 0 Å². The zero-order chi connectivity index (χ0) is 10.8. The standard InChI is InChI=1S/C8H8F3NOS/c1-12(14(13)8(9,10)11)7-5-3-2-4-6-7/h2-6H,1H3. The quantitative estimate of drug-likeness (QED) is 0.753. The van der Waals surface area contributed by atoms with E-state index in [1.54, 1.807) is 18.2 Å². The fourth-order valence-corrected chi connectivity index (χ4v) is 1.51. The molecule has 0 radical (unpaired) electrons. The highest BCUT2D eigenvalue weighted by molar-refractivity contribution is 7.87. The summed E-state index contributed by atoms with van der Waals surface area (Å²) in [6, 6.07) is 7.76. The summed E-state index contributed by atoms with van der Waals surface area (Å²) in [5, 5.41) is 0. The number of benzene rings is 1.